The molecule has 0 bridgehead atoms. The van der Waals surface area contributed by atoms with Crippen LogP contribution in [0.15, 0.2) is 41.6 Å². The van der Waals surface area contributed by atoms with Crippen LogP contribution in [0.1, 0.15) is 49.9 Å². The molecular weight excluding hydrogens is 547 g/mol. The van der Waals surface area contributed by atoms with E-state index in [0.29, 0.717) is 49.3 Å². The number of fused-ring (bicyclic) bond motifs is 2. The number of nitrogens with one attached hydrogen (secondary N) is 2. The van der Waals surface area contributed by atoms with Crippen LogP contribution >= 0.6 is 0 Å². The van der Waals surface area contributed by atoms with Gasteiger partial charge in [-0.05, 0) is 50.3 Å². The molecule has 1 aromatic carbocycles. The number of aromatic nitrogens is 5. The molecule has 1 fully saturated rings. The zero-order chi connectivity index (χ0) is 28.2. The summed E-state index contributed by atoms with van der Waals surface area (Å²) in [5, 5.41) is 12.6. The molecule has 0 unspecified atom stereocenters. The number of benzene rings is 1. The van der Waals surface area contributed by atoms with Gasteiger partial charge in [0.2, 0.25) is 15.7 Å². The van der Waals surface area contributed by atoms with Gasteiger partial charge in [-0.3, -0.25) is 9.36 Å². The molecule has 4 heterocycles. The molecule has 2 N–H and O–H groups in total. The van der Waals surface area contributed by atoms with E-state index in [9.17, 15) is 21.6 Å². The average Bonchev–Trinajstić information content (AvgIpc) is 3.57. The number of pyridine rings is 1. The largest absolute Gasteiger partial charge is 0.486 e. The highest BCUT2D eigenvalue weighted by Gasteiger charge is 2.39. The number of aryl methyl sites for hydroxylation is 1. The second kappa shape index (κ2) is 9.77. The van der Waals surface area contributed by atoms with E-state index in [1.807, 2.05) is 23.7 Å². The summed E-state index contributed by atoms with van der Waals surface area (Å²) < 4.78 is 76.0. The van der Waals surface area contributed by atoms with Gasteiger partial charge < -0.3 is 10.1 Å². The molecule has 0 spiro atoms. The lowest BCUT2D eigenvalue weighted by molar-refractivity contribution is -0.143. The van der Waals surface area contributed by atoms with Gasteiger partial charge in [0.15, 0.2) is 5.75 Å². The van der Waals surface area contributed by atoms with Gasteiger partial charge in [0, 0.05) is 43.4 Å². The van der Waals surface area contributed by atoms with Crippen LogP contribution in [0.3, 0.4) is 0 Å². The third-order valence-electron chi connectivity index (χ3n) is 7.37. The minimum Gasteiger partial charge on any atom is -0.486 e. The SMILES string of the molecule is CCNc1cc2c(cn1)c(-c1ccc3c(c1)CNS3(=O)=O)nn2[C@H]1CC[C@@H](Oc2cn(C)nc2C(F)(F)F)CC1. The van der Waals surface area contributed by atoms with Gasteiger partial charge >= 0.3 is 6.18 Å². The van der Waals surface area contributed by atoms with Crippen molar-refractivity contribution in [1.82, 2.24) is 29.3 Å². The van der Waals surface area contributed by atoms with E-state index in [2.05, 4.69) is 20.1 Å². The van der Waals surface area contributed by atoms with Crippen molar-refractivity contribution in [2.75, 3.05) is 11.9 Å². The highest BCUT2D eigenvalue weighted by atomic mass is 32.2. The van der Waals surface area contributed by atoms with Gasteiger partial charge in [-0.25, -0.2) is 18.1 Å². The Morgan fingerprint density at radius 1 is 1.15 bits per heavy atom. The molecule has 0 saturated heterocycles. The fraction of sp³-hybridized carbons (Fsp3) is 0.423. The van der Waals surface area contributed by atoms with Crippen LogP contribution in [0.2, 0.25) is 0 Å². The molecule has 4 aromatic rings. The standard InChI is InChI=1S/C26H28F3N7O3S/c1-3-30-23-11-20-19(13-31-23)24(15-4-9-22-16(10-15)12-32-40(22,37)38)33-36(20)17-5-7-18(8-6-17)39-21-14-35(2)34-25(21)26(27,28)29/h4,9-11,13-14,17-18,32H,3,5-8,12H2,1-2H3,(H,30,31)/t17-,18+. The Kier molecular flexibility index (Phi) is 6.49. The minimum absolute atomic E-state index is 0.000401. The Hall–Kier alpha value is -3.65. The van der Waals surface area contributed by atoms with E-state index < -0.39 is 21.9 Å². The van der Waals surface area contributed by atoms with E-state index >= 15 is 0 Å². The Morgan fingerprint density at radius 2 is 1.93 bits per heavy atom. The number of nitrogens with zero attached hydrogens (tertiary/aromatic N) is 5. The first-order valence-corrected chi connectivity index (χ1v) is 14.5. The van der Waals surface area contributed by atoms with Crippen molar-refractivity contribution in [3.05, 3.63) is 47.9 Å². The third kappa shape index (κ3) is 4.79. The van der Waals surface area contributed by atoms with Crippen LogP contribution in [0, 0.1) is 0 Å². The predicted molar refractivity (Wildman–Crippen MR) is 141 cm³/mol. The quantitative estimate of drug-likeness (QED) is 0.344. The van der Waals surface area contributed by atoms with Crippen molar-refractivity contribution >= 4 is 26.7 Å². The molecule has 0 amide bonds. The zero-order valence-corrected chi connectivity index (χ0v) is 22.7. The van der Waals surface area contributed by atoms with Gasteiger partial charge in [0.25, 0.3) is 0 Å². The van der Waals surface area contributed by atoms with Crippen molar-refractivity contribution in [3.8, 4) is 17.0 Å². The summed E-state index contributed by atoms with van der Waals surface area (Å²) >= 11 is 0. The van der Waals surface area contributed by atoms with Gasteiger partial charge in [-0.15, -0.1) is 0 Å². The predicted octanol–water partition coefficient (Wildman–Crippen LogP) is 4.64. The van der Waals surface area contributed by atoms with Crippen molar-refractivity contribution in [3.63, 3.8) is 0 Å². The molecule has 6 rings (SSSR count). The lowest BCUT2D eigenvalue weighted by Gasteiger charge is -2.29. The zero-order valence-electron chi connectivity index (χ0n) is 21.9. The number of hydrogen-bond donors (Lipinski definition) is 2. The van der Waals surface area contributed by atoms with Crippen LogP contribution in [0.5, 0.6) is 5.75 Å². The molecule has 212 valence electrons. The molecule has 3 aromatic heterocycles. The number of ether oxygens (including phenoxy) is 1. The summed E-state index contributed by atoms with van der Waals surface area (Å²) in [6, 6.07) is 7.14. The molecule has 1 aliphatic heterocycles. The van der Waals surface area contributed by atoms with Gasteiger partial charge in [0.1, 0.15) is 11.5 Å². The normalized spacial score (nSPS) is 20.5. The maximum absolute atomic E-state index is 13.4. The Labute approximate surface area is 228 Å². The van der Waals surface area contributed by atoms with E-state index in [-0.39, 0.29) is 29.3 Å². The molecule has 1 aliphatic carbocycles. The van der Waals surface area contributed by atoms with E-state index in [0.717, 1.165) is 21.1 Å². The highest BCUT2D eigenvalue weighted by molar-refractivity contribution is 7.89. The summed E-state index contributed by atoms with van der Waals surface area (Å²) in [6.45, 7) is 2.90. The van der Waals surface area contributed by atoms with E-state index in [4.69, 9.17) is 9.84 Å². The van der Waals surface area contributed by atoms with Crippen LogP contribution in [-0.4, -0.2) is 45.6 Å². The fourth-order valence-electron chi connectivity index (χ4n) is 5.52. The summed E-state index contributed by atoms with van der Waals surface area (Å²) in [5.74, 6) is 0.458. The molecule has 1 saturated carbocycles. The number of alkyl halides is 3. The summed E-state index contributed by atoms with van der Waals surface area (Å²) in [6.07, 6.45) is 0.504. The molecule has 40 heavy (non-hydrogen) atoms. The molecule has 0 radical (unpaired) electrons. The van der Waals surface area contributed by atoms with Gasteiger partial charge in [0.05, 0.1) is 28.8 Å². The number of halogens is 3. The Morgan fingerprint density at radius 3 is 2.65 bits per heavy atom. The number of anilines is 1. The topological polar surface area (TPSA) is 116 Å². The monoisotopic (exact) mass is 575 g/mol. The minimum atomic E-state index is -4.59. The van der Waals surface area contributed by atoms with Crippen molar-refractivity contribution in [1.29, 1.82) is 0 Å². The van der Waals surface area contributed by atoms with Crippen molar-refractivity contribution < 1.29 is 26.3 Å². The van der Waals surface area contributed by atoms with Crippen molar-refractivity contribution in [2.45, 2.75) is 62.4 Å². The molecule has 0 atom stereocenters. The van der Waals surface area contributed by atoms with E-state index in [1.165, 1.54) is 13.2 Å². The second-order valence-electron chi connectivity index (χ2n) is 10.1. The van der Waals surface area contributed by atoms with Crippen LogP contribution < -0.4 is 14.8 Å². The summed E-state index contributed by atoms with van der Waals surface area (Å²) in [7, 11) is -2.05. The molecular formula is C26H28F3N7O3S. The fourth-order valence-corrected chi connectivity index (χ4v) is 6.74. The first-order chi connectivity index (χ1) is 19.0. The first kappa shape index (κ1) is 26.6. The lowest BCUT2D eigenvalue weighted by Crippen LogP contribution is -2.27. The Balaban J connectivity index is 1.29. The summed E-state index contributed by atoms with van der Waals surface area (Å²) in [5.41, 5.74) is 2.03. The van der Waals surface area contributed by atoms with Gasteiger partial charge in [-0.1, -0.05) is 6.07 Å². The smallest absolute Gasteiger partial charge is 0.438 e. The third-order valence-corrected chi connectivity index (χ3v) is 8.87. The van der Waals surface area contributed by atoms with Crippen LogP contribution in [-0.2, 0) is 29.8 Å². The van der Waals surface area contributed by atoms with Gasteiger partial charge in [-0.2, -0.15) is 23.4 Å². The first-order valence-electron chi connectivity index (χ1n) is 13.1. The molecule has 2 aliphatic rings. The Bertz CT molecular complexity index is 1690. The molecule has 14 heteroatoms. The second-order valence-corrected chi connectivity index (χ2v) is 11.9. The van der Waals surface area contributed by atoms with Crippen molar-refractivity contribution in [2.24, 2.45) is 7.05 Å². The van der Waals surface area contributed by atoms with E-state index in [1.54, 1.807) is 18.3 Å². The molecule has 10 nitrogen and oxygen atoms in total. The number of sulfonamides is 1. The number of rotatable bonds is 6. The highest BCUT2D eigenvalue weighted by Crippen LogP contribution is 2.40. The van der Waals surface area contributed by atoms with Crippen LogP contribution in [0.25, 0.3) is 22.2 Å². The number of hydrogen-bond acceptors (Lipinski definition) is 7. The maximum Gasteiger partial charge on any atom is 0.438 e. The lowest BCUT2D eigenvalue weighted by atomic mass is 9.93. The van der Waals surface area contributed by atoms with Crippen LogP contribution in [0.4, 0.5) is 19.0 Å². The maximum atomic E-state index is 13.4. The average molecular weight is 576 g/mol. The summed E-state index contributed by atoms with van der Waals surface area (Å²) in [4.78, 5) is 4.80.